The molecule has 0 spiro atoms. The van der Waals surface area contributed by atoms with Crippen molar-refractivity contribution in [1.29, 1.82) is 0 Å². The van der Waals surface area contributed by atoms with Gasteiger partial charge in [-0.25, -0.2) is 0 Å². The highest BCUT2D eigenvalue weighted by Crippen LogP contribution is 2.24. The molecule has 1 unspecified atom stereocenters. The summed E-state index contributed by atoms with van der Waals surface area (Å²) in [4.78, 5) is 4.25. The van der Waals surface area contributed by atoms with Crippen molar-refractivity contribution < 1.29 is 4.74 Å². The minimum absolute atomic E-state index is 0.178. The van der Waals surface area contributed by atoms with Crippen LogP contribution >= 0.6 is 0 Å². The molecule has 0 amide bonds. The van der Waals surface area contributed by atoms with E-state index in [2.05, 4.69) is 41.5 Å². The highest BCUT2D eigenvalue weighted by molar-refractivity contribution is 5.35. The number of nitrogens with one attached hydrogen (secondary N) is 1. The lowest BCUT2D eigenvalue weighted by molar-refractivity contribution is 0.317. The van der Waals surface area contributed by atoms with Gasteiger partial charge in [-0.05, 0) is 55.8 Å². The standard InChI is InChI=1S/C17H22N2O/c1-4-11-20-16-7-5-14(6-8-16)17(18-3)15-9-10-19-13(2)12-15/h5-10,12,17-18H,4,11H2,1-3H3. The number of pyridine rings is 1. The van der Waals surface area contributed by atoms with E-state index in [1.54, 1.807) is 0 Å². The fraction of sp³-hybridized carbons (Fsp3) is 0.353. The van der Waals surface area contributed by atoms with Gasteiger partial charge < -0.3 is 10.1 Å². The predicted molar refractivity (Wildman–Crippen MR) is 82.1 cm³/mol. The zero-order valence-corrected chi connectivity index (χ0v) is 12.4. The zero-order chi connectivity index (χ0) is 14.4. The highest BCUT2D eigenvalue weighted by atomic mass is 16.5. The molecule has 0 saturated heterocycles. The molecule has 2 rings (SSSR count). The van der Waals surface area contributed by atoms with Crippen molar-refractivity contribution in [2.75, 3.05) is 13.7 Å². The summed E-state index contributed by atoms with van der Waals surface area (Å²) >= 11 is 0. The van der Waals surface area contributed by atoms with Crippen LogP contribution in [0, 0.1) is 6.92 Å². The van der Waals surface area contributed by atoms with Crippen molar-refractivity contribution in [2.45, 2.75) is 26.3 Å². The van der Waals surface area contributed by atoms with Gasteiger partial charge in [-0.1, -0.05) is 19.1 Å². The van der Waals surface area contributed by atoms with Crippen molar-refractivity contribution in [1.82, 2.24) is 10.3 Å². The van der Waals surface area contributed by atoms with Gasteiger partial charge in [0, 0.05) is 11.9 Å². The van der Waals surface area contributed by atoms with Gasteiger partial charge in [0.25, 0.3) is 0 Å². The van der Waals surface area contributed by atoms with E-state index in [0.717, 1.165) is 24.5 Å². The molecule has 0 fully saturated rings. The molecule has 0 aliphatic carbocycles. The van der Waals surface area contributed by atoms with Gasteiger partial charge in [0.1, 0.15) is 5.75 Å². The molecule has 0 radical (unpaired) electrons. The van der Waals surface area contributed by atoms with Gasteiger partial charge in [-0.2, -0.15) is 0 Å². The number of aryl methyl sites for hydroxylation is 1. The second-order valence-corrected chi connectivity index (χ2v) is 4.87. The molecular formula is C17H22N2O. The molecular weight excluding hydrogens is 248 g/mol. The van der Waals surface area contributed by atoms with Crippen molar-refractivity contribution in [3.8, 4) is 5.75 Å². The van der Waals surface area contributed by atoms with Gasteiger partial charge in [0.2, 0.25) is 0 Å². The molecule has 0 aliphatic rings. The average Bonchev–Trinajstić information content (AvgIpc) is 2.47. The molecule has 1 aromatic heterocycles. The maximum absolute atomic E-state index is 5.62. The Morgan fingerprint density at radius 3 is 2.50 bits per heavy atom. The summed E-state index contributed by atoms with van der Waals surface area (Å²) in [6.07, 6.45) is 2.88. The van der Waals surface area contributed by atoms with Crippen LogP contribution in [-0.4, -0.2) is 18.6 Å². The molecule has 106 valence electrons. The SMILES string of the molecule is CCCOc1ccc(C(NC)c2ccnc(C)c2)cc1. The average molecular weight is 270 g/mol. The lowest BCUT2D eigenvalue weighted by Gasteiger charge is -2.18. The first-order chi connectivity index (χ1) is 9.74. The van der Waals surface area contributed by atoms with Gasteiger partial charge in [-0.15, -0.1) is 0 Å². The predicted octanol–water partition coefficient (Wildman–Crippen LogP) is 3.49. The third-order valence-electron chi connectivity index (χ3n) is 3.23. The fourth-order valence-electron chi connectivity index (χ4n) is 2.25. The molecule has 1 N–H and O–H groups in total. The first-order valence-corrected chi connectivity index (χ1v) is 7.07. The second kappa shape index (κ2) is 7.06. The van der Waals surface area contributed by atoms with Crippen molar-refractivity contribution in [2.24, 2.45) is 0 Å². The van der Waals surface area contributed by atoms with Gasteiger partial charge in [0.15, 0.2) is 0 Å². The number of rotatable bonds is 6. The van der Waals surface area contributed by atoms with Gasteiger partial charge >= 0.3 is 0 Å². The van der Waals surface area contributed by atoms with E-state index in [1.807, 2.05) is 32.3 Å². The Morgan fingerprint density at radius 2 is 1.90 bits per heavy atom. The third kappa shape index (κ3) is 3.58. The number of hydrogen-bond donors (Lipinski definition) is 1. The molecule has 1 atom stereocenters. The zero-order valence-electron chi connectivity index (χ0n) is 12.4. The smallest absolute Gasteiger partial charge is 0.119 e. The number of hydrogen-bond acceptors (Lipinski definition) is 3. The minimum Gasteiger partial charge on any atom is -0.494 e. The molecule has 20 heavy (non-hydrogen) atoms. The van der Waals surface area contributed by atoms with E-state index in [-0.39, 0.29) is 6.04 Å². The molecule has 2 aromatic rings. The monoisotopic (exact) mass is 270 g/mol. The Morgan fingerprint density at radius 1 is 1.15 bits per heavy atom. The Balaban J connectivity index is 2.19. The van der Waals surface area contributed by atoms with E-state index in [9.17, 15) is 0 Å². The van der Waals surface area contributed by atoms with Crippen LogP contribution in [0.15, 0.2) is 42.6 Å². The minimum atomic E-state index is 0.178. The molecule has 1 aromatic carbocycles. The number of benzene rings is 1. The van der Waals surface area contributed by atoms with E-state index in [4.69, 9.17) is 4.74 Å². The normalized spacial score (nSPS) is 12.2. The van der Waals surface area contributed by atoms with Crippen LogP contribution < -0.4 is 10.1 Å². The quantitative estimate of drug-likeness (QED) is 0.872. The third-order valence-corrected chi connectivity index (χ3v) is 3.23. The summed E-state index contributed by atoms with van der Waals surface area (Å²) in [5.74, 6) is 0.927. The van der Waals surface area contributed by atoms with E-state index in [0.29, 0.717) is 0 Å². The van der Waals surface area contributed by atoms with Crippen LogP contribution in [0.1, 0.15) is 36.2 Å². The largest absolute Gasteiger partial charge is 0.494 e. The first kappa shape index (κ1) is 14.5. The Labute approximate surface area is 121 Å². The molecule has 3 nitrogen and oxygen atoms in total. The van der Waals surface area contributed by atoms with Crippen LogP contribution in [0.2, 0.25) is 0 Å². The van der Waals surface area contributed by atoms with Crippen LogP contribution in [0.5, 0.6) is 5.75 Å². The number of nitrogens with zero attached hydrogens (tertiary/aromatic N) is 1. The molecule has 0 saturated carbocycles. The van der Waals surface area contributed by atoms with Crippen LogP contribution in [0.25, 0.3) is 0 Å². The molecule has 0 aliphatic heterocycles. The Hall–Kier alpha value is -1.87. The van der Waals surface area contributed by atoms with E-state index < -0.39 is 0 Å². The second-order valence-electron chi connectivity index (χ2n) is 4.87. The Bertz CT molecular complexity index is 537. The molecule has 3 heteroatoms. The summed E-state index contributed by atoms with van der Waals surface area (Å²) in [5.41, 5.74) is 3.48. The number of aromatic nitrogens is 1. The lowest BCUT2D eigenvalue weighted by Crippen LogP contribution is -2.17. The van der Waals surface area contributed by atoms with Crippen molar-refractivity contribution >= 4 is 0 Å². The maximum atomic E-state index is 5.62. The topological polar surface area (TPSA) is 34.1 Å². The van der Waals surface area contributed by atoms with E-state index in [1.165, 1.54) is 11.1 Å². The van der Waals surface area contributed by atoms with Crippen LogP contribution in [0.3, 0.4) is 0 Å². The van der Waals surface area contributed by atoms with Gasteiger partial charge in [0.05, 0.1) is 12.6 Å². The Kier molecular flexibility index (Phi) is 5.13. The van der Waals surface area contributed by atoms with Gasteiger partial charge in [-0.3, -0.25) is 4.98 Å². The van der Waals surface area contributed by atoms with Crippen molar-refractivity contribution in [3.63, 3.8) is 0 Å². The molecule has 1 heterocycles. The fourth-order valence-corrected chi connectivity index (χ4v) is 2.25. The van der Waals surface area contributed by atoms with E-state index >= 15 is 0 Å². The first-order valence-electron chi connectivity index (χ1n) is 7.07. The molecule has 0 bridgehead atoms. The maximum Gasteiger partial charge on any atom is 0.119 e. The summed E-state index contributed by atoms with van der Waals surface area (Å²) < 4.78 is 5.62. The lowest BCUT2D eigenvalue weighted by atomic mass is 9.99. The summed E-state index contributed by atoms with van der Waals surface area (Å²) in [5, 5.41) is 3.36. The summed E-state index contributed by atoms with van der Waals surface area (Å²) in [7, 11) is 1.97. The highest BCUT2D eigenvalue weighted by Gasteiger charge is 2.12. The van der Waals surface area contributed by atoms with Crippen molar-refractivity contribution in [3.05, 3.63) is 59.4 Å². The number of ether oxygens (including phenoxy) is 1. The summed E-state index contributed by atoms with van der Waals surface area (Å²) in [6.45, 7) is 4.88. The van der Waals surface area contributed by atoms with Crippen LogP contribution in [0.4, 0.5) is 0 Å². The van der Waals surface area contributed by atoms with Crippen LogP contribution in [-0.2, 0) is 0 Å². The summed E-state index contributed by atoms with van der Waals surface area (Å²) in [6, 6.07) is 12.6.